The standard InChI is InChI=1S/C15H18N2O3S/c1-17(14-8-3-4-9-15(14)20-2)21(18,19)13-7-5-6-12(10-13)11-16/h3-10H,11,16H2,1-2H3. The largest absolute Gasteiger partial charge is 0.495 e. The van der Waals surface area contributed by atoms with Gasteiger partial charge in [0.2, 0.25) is 0 Å². The Balaban J connectivity index is 2.47. The van der Waals surface area contributed by atoms with E-state index in [1.165, 1.54) is 18.5 Å². The van der Waals surface area contributed by atoms with Gasteiger partial charge in [-0.1, -0.05) is 24.3 Å². The molecule has 0 saturated heterocycles. The fourth-order valence-electron chi connectivity index (χ4n) is 2.01. The Morgan fingerprint density at radius 1 is 1.14 bits per heavy atom. The Hall–Kier alpha value is -2.05. The van der Waals surface area contributed by atoms with Gasteiger partial charge in [-0.3, -0.25) is 4.31 Å². The lowest BCUT2D eigenvalue weighted by Crippen LogP contribution is -2.27. The van der Waals surface area contributed by atoms with Crippen molar-refractivity contribution in [1.29, 1.82) is 0 Å². The average Bonchev–Trinajstić information content (AvgIpc) is 2.54. The molecule has 5 nitrogen and oxygen atoms in total. The summed E-state index contributed by atoms with van der Waals surface area (Å²) in [4.78, 5) is 0.207. The minimum absolute atomic E-state index is 0.207. The van der Waals surface area contributed by atoms with Crippen LogP contribution in [0.4, 0.5) is 5.69 Å². The highest BCUT2D eigenvalue weighted by Crippen LogP contribution is 2.30. The number of methoxy groups -OCH3 is 1. The molecule has 21 heavy (non-hydrogen) atoms. The monoisotopic (exact) mass is 306 g/mol. The summed E-state index contributed by atoms with van der Waals surface area (Å²) in [7, 11) is -0.649. The Labute approximate surface area is 125 Å². The molecule has 0 unspecified atom stereocenters. The summed E-state index contributed by atoms with van der Waals surface area (Å²) in [5.74, 6) is 0.499. The average molecular weight is 306 g/mol. The number of benzene rings is 2. The summed E-state index contributed by atoms with van der Waals surface area (Å²) in [6.45, 7) is 0.293. The van der Waals surface area contributed by atoms with E-state index in [4.69, 9.17) is 10.5 Å². The van der Waals surface area contributed by atoms with E-state index in [1.54, 1.807) is 48.5 Å². The van der Waals surface area contributed by atoms with Crippen molar-refractivity contribution >= 4 is 15.7 Å². The molecule has 0 radical (unpaired) electrons. The van der Waals surface area contributed by atoms with Gasteiger partial charge in [0.1, 0.15) is 5.75 Å². The van der Waals surface area contributed by atoms with Crippen LogP contribution in [0.25, 0.3) is 0 Å². The molecule has 0 amide bonds. The second kappa shape index (κ2) is 6.15. The molecule has 0 aromatic heterocycles. The van der Waals surface area contributed by atoms with Gasteiger partial charge in [0.25, 0.3) is 10.0 Å². The molecule has 2 rings (SSSR count). The number of rotatable bonds is 5. The van der Waals surface area contributed by atoms with E-state index in [-0.39, 0.29) is 4.90 Å². The number of hydrogen-bond acceptors (Lipinski definition) is 4. The maximum Gasteiger partial charge on any atom is 0.264 e. The first-order chi connectivity index (χ1) is 10.0. The molecule has 0 aliphatic heterocycles. The fourth-order valence-corrected chi connectivity index (χ4v) is 3.29. The van der Waals surface area contributed by atoms with Crippen LogP contribution in [-0.2, 0) is 16.6 Å². The summed E-state index contributed by atoms with van der Waals surface area (Å²) in [5.41, 5.74) is 6.82. The maximum atomic E-state index is 12.7. The molecule has 0 atom stereocenters. The number of sulfonamides is 1. The highest BCUT2D eigenvalue weighted by atomic mass is 32.2. The lowest BCUT2D eigenvalue weighted by molar-refractivity contribution is 0.416. The highest BCUT2D eigenvalue weighted by Gasteiger charge is 2.23. The van der Waals surface area contributed by atoms with Crippen molar-refractivity contribution in [2.75, 3.05) is 18.5 Å². The molecule has 6 heteroatoms. The Kier molecular flexibility index (Phi) is 4.50. The molecule has 0 aliphatic rings. The summed E-state index contributed by atoms with van der Waals surface area (Å²) in [5, 5.41) is 0. The van der Waals surface area contributed by atoms with Crippen LogP contribution in [0.3, 0.4) is 0 Å². The van der Waals surface area contributed by atoms with Crippen LogP contribution in [0.5, 0.6) is 5.75 Å². The molecule has 0 heterocycles. The van der Waals surface area contributed by atoms with Crippen molar-refractivity contribution < 1.29 is 13.2 Å². The van der Waals surface area contributed by atoms with Gasteiger partial charge in [-0.05, 0) is 29.8 Å². The molecule has 0 fully saturated rings. The number of nitrogens with two attached hydrogens (primary N) is 1. The van der Waals surface area contributed by atoms with E-state index in [1.807, 2.05) is 0 Å². The molecule has 0 aliphatic carbocycles. The van der Waals surface area contributed by atoms with Crippen molar-refractivity contribution in [2.24, 2.45) is 5.73 Å². The van der Waals surface area contributed by atoms with Gasteiger partial charge < -0.3 is 10.5 Å². The molecule has 2 N–H and O–H groups in total. The quantitative estimate of drug-likeness (QED) is 0.917. The highest BCUT2D eigenvalue weighted by molar-refractivity contribution is 7.92. The van der Waals surface area contributed by atoms with Crippen LogP contribution in [0.15, 0.2) is 53.4 Å². The summed E-state index contributed by atoms with van der Waals surface area (Å²) in [6.07, 6.45) is 0. The van der Waals surface area contributed by atoms with Crippen LogP contribution < -0.4 is 14.8 Å². The fraction of sp³-hybridized carbons (Fsp3) is 0.200. The van der Waals surface area contributed by atoms with Crippen molar-refractivity contribution in [1.82, 2.24) is 0 Å². The molecule has 2 aromatic carbocycles. The van der Waals surface area contributed by atoms with E-state index in [0.29, 0.717) is 18.0 Å². The van der Waals surface area contributed by atoms with Crippen LogP contribution in [-0.4, -0.2) is 22.6 Å². The zero-order valence-electron chi connectivity index (χ0n) is 12.0. The van der Waals surface area contributed by atoms with Gasteiger partial charge in [0.05, 0.1) is 17.7 Å². The zero-order valence-corrected chi connectivity index (χ0v) is 12.8. The first-order valence-corrected chi connectivity index (χ1v) is 7.85. The van der Waals surface area contributed by atoms with Crippen molar-refractivity contribution in [3.63, 3.8) is 0 Å². The second-order valence-corrected chi connectivity index (χ2v) is 6.47. The van der Waals surface area contributed by atoms with E-state index in [2.05, 4.69) is 0 Å². The predicted molar refractivity (Wildman–Crippen MR) is 82.9 cm³/mol. The topological polar surface area (TPSA) is 72.6 Å². The number of ether oxygens (including phenoxy) is 1. The molecule has 112 valence electrons. The van der Waals surface area contributed by atoms with Crippen LogP contribution in [0, 0.1) is 0 Å². The molecular formula is C15H18N2O3S. The van der Waals surface area contributed by atoms with Gasteiger partial charge in [0, 0.05) is 13.6 Å². The number of anilines is 1. The van der Waals surface area contributed by atoms with E-state index in [0.717, 1.165) is 5.56 Å². The van der Waals surface area contributed by atoms with Gasteiger partial charge >= 0.3 is 0 Å². The third-order valence-corrected chi connectivity index (χ3v) is 4.98. The zero-order chi connectivity index (χ0) is 15.5. The second-order valence-electron chi connectivity index (χ2n) is 4.50. The van der Waals surface area contributed by atoms with Gasteiger partial charge in [-0.25, -0.2) is 8.42 Å². The summed E-state index contributed by atoms with van der Waals surface area (Å²) >= 11 is 0. The molecule has 0 saturated carbocycles. The predicted octanol–water partition coefficient (Wildman–Crippen LogP) is 1.98. The normalized spacial score (nSPS) is 11.2. The van der Waals surface area contributed by atoms with Crippen molar-refractivity contribution in [3.05, 3.63) is 54.1 Å². The lowest BCUT2D eigenvalue weighted by Gasteiger charge is -2.21. The number of nitrogens with zero attached hydrogens (tertiary/aromatic N) is 1. The smallest absolute Gasteiger partial charge is 0.264 e. The summed E-state index contributed by atoms with van der Waals surface area (Å²) < 4.78 is 31.8. The first kappa shape index (κ1) is 15.3. The molecular weight excluding hydrogens is 288 g/mol. The first-order valence-electron chi connectivity index (χ1n) is 6.41. The molecule has 2 aromatic rings. The third kappa shape index (κ3) is 3.01. The SMILES string of the molecule is COc1ccccc1N(C)S(=O)(=O)c1cccc(CN)c1. The van der Waals surface area contributed by atoms with E-state index in [9.17, 15) is 8.42 Å². The third-order valence-electron chi connectivity index (χ3n) is 3.22. The summed E-state index contributed by atoms with van der Waals surface area (Å²) in [6, 6.07) is 13.6. The number of para-hydroxylation sites is 2. The van der Waals surface area contributed by atoms with Crippen molar-refractivity contribution in [2.45, 2.75) is 11.4 Å². The maximum absolute atomic E-state index is 12.7. The molecule has 0 spiro atoms. The minimum atomic E-state index is -3.66. The Morgan fingerprint density at radius 3 is 2.52 bits per heavy atom. The van der Waals surface area contributed by atoms with Crippen LogP contribution in [0.2, 0.25) is 0 Å². The lowest BCUT2D eigenvalue weighted by atomic mass is 10.2. The van der Waals surface area contributed by atoms with Gasteiger partial charge in [-0.2, -0.15) is 0 Å². The Bertz CT molecular complexity index is 729. The van der Waals surface area contributed by atoms with Crippen molar-refractivity contribution in [3.8, 4) is 5.75 Å². The van der Waals surface area contributed by atoms with Gasteiger partial charge in [0.15, 0.2) is 0 Å². The Morgan fingerprint density at radius 2 is 1.86 bits per heavy atom. The van der Waals surface area contributed by atoms with E-state index >= 15 is 0 Å². The van der Waals surface area contributed by atoms with Crippen LogP contribution in [0.1, 0.15) is 5.56 Å². The molecule has 0 bridgehead atoms. The number of hydrogen-bond donors (Lipinski definition) is 1. The van der Waals surface area contributed by atoms with E-state index < -0.39 is 10.0 Å². The van der Waals surface area contributed by atoms with Crippen LogP contribution >= 0.6 is 0 Å². The minimum Gasteiger partial charge on any atom is -0.495 e. The van der Waals surface area contributed by atoms with Gasteiger partial charge in [-0.15, -0.1) is 0 Å².